The summed E-state index contributed by atoms with van der Waals surface area (Å²) in [5.74, 6) is 1.63. The van der Waals surface area contributed by atoms with E-state index < -0.39 is 10.8 Å². The maximum atomic E-state index is 4.91. The van der Waals surface area contributed by atoms with Gasteiger partial charge in [0.2, 0.25) is 0 Å². The van der Waals surface area contributed by atoms with Gasteiger partial charge in [-0.2, -0.15) is 0 Å². The highest BCUT2D eigenvalue weighted by molar-refractivity contribution is 6.13. The van der Waals surface area contributed by atoms with Crippen molar-refractivity contribution >= 4 is 65.7 Å². The summed E-state index contributed by atoms with van der Waals surface area (Å²) in [7, 11) is 0. The van der Waals surface area contributed by atoms with Gasteiger partial charge in [0.05, 0.1) is 32.9 Å². The van der Waals surface area contributed by atoms with Crippen molar-refractivity contribution in [3.63, 3.8) is 0 Å². The number of nitrogens with zero attached hydrogens (tertiary/aromatic N) is 8. The SMILES string of the molecule is Cc1ccn2c(-c3ccc(-n4c5ccc(-c6ccc7c(c6)C6(c8ccccc8-c8ccccc86)c6ccccc6-7)cc5c5cc(-c6ccc7c(c6)C6(c8ccccc8-c8cc(Cc9ccc%10ccn%11c(-c%12ccc(-n%13c%14ccccc%14c%14ccccc%14%13)cc%12)nnc%11c%10c9)ccc86)c6ccccc6-7)ccc54)cc3)nnc2c1C. The van der Waals surface area contributed by atoms with Gasteiger partial charge >= 0.3 is 0 Å². The van der Waals surface area contributed by atoms with Gasteiger partial charge in [-0.15, -0.1) is 20.4 Å². The van der Waals surface area contributed by atoms with E-state index in [4.69, 9.17) is 15.3 Å². The summed E-state index contributed by atoms with van der Waals surface area (Å²) in [6.07, 6.45) is 4.95. The number of para-hydroxylation sites is 2. The molecular weight excluding hydrogens is 1370 g/mol. The highest BCUT2D eigenvalue weighted by Crippen LogP contribution is 2.65. The van der Waals surface area contributed by atoms with E-state index >= 15 is 0 Å². The predicted molar refractivity (Wildman–Crippen MR) is 459 cm³/mol. The van der Waals surface area contributed by atoms with Crippen LogP contribution in [0.5, 0.6) is 0 Å². The van der Waals surface area contributed by atoms with Crippen molar-refractivity contribution in [2.75, 3.05) is 0 Å². The summed E-state index contributed by atoms with van der Waals surface area (Å²) < 4.78 is 9.06. The zero-order valence-corrected chi connectivity index (χ0v) is 61.8. The number of aryl methyl sites for hydroxylation is 2. The number of rotatable bonds is 8. The Morgan fingerprint density at radius 3 is 1.15 bits per heavy atom. The zero-order valence-electron chi connectivity index (χ0n) is 61.8. The number of hydrogen-bond acceptors (Lipinski definition) is 4. The van der Waals surface area contributed by atoms with Crippen LogP contribution in [0.2, 0.25) is 0 Å². The van der Waals surface area contributed by atoms with E-state index in [2.05, 4.69) is 389 Å². The van der Waals surface area contributed by atoms with E-state index in [-0.39, 0.29) is 0 Å². The van der Waals surface area contributed by atoms with Crippen LogP contribution in [0.4, 0.5) is 0 Å². The second-order valence-corrected chi connectivity index (χ2v) is 31.4. The summed E-state index contributed by atoms with van der Waals surface area (Å²) in [6, 6.07) is 128. The van der Waals surface area contributed by atoms with Gasteiger partial charge < -0.3 is 9.13 Å². The standard InChI is InChI=1S/C105H66N8/c1-62-51-53-110-100(63(62)2)106-107-101(110)67-34-44-74(45-35-67)113-98-49-40-69(71-38-46-80-77-19-5-12-26-90(77)104(94(80)60-71)88-24-10-3-17-75(88)76-18-4-11-25-89(76)104)58-86(98)87-59-70(41-50-99(87)113)72-39-47-81-78-20-6-13-27-91(78)105(95(81)61-72)92-28-14-7-21-79(92)85-57-65(32-48-93(85)105)55-64-31-33-66-52-54-111-102(108-109-103(111)84(66)56-64)68-36-42-73(43-37-68)112-96-29-15-8-22-82(96)83-23-9-16-30-97(83)112/h3-54,56-61H,55H2,1-2H3. The lowest BCUT2D eigenvalue weighted by molar-refractivity contribution is 0.793. The summed E-state index contributed by atoms with van der Waals surface area (Å²) in [5, 5.41) is 26.3. The molecule has 4 aliphatic carbocycles. The summed E-state index contributed by atoms with van der Waals surface area (Å²) >= 11 is 0. The Hall–Kier alpha value is -14.6. The van der Waals surface area contributed by atoms with Crippen LogP contribution in [0, 0.1) is 13.8 Å². The molecule has 25 rings (SSSR count). The first-order valence-electron chi connectivity index (χ1n) is 39.1. The lowest BCUT2D eigenvalue weighted by Crippen LogP contribution is -2.25. The van der Waals surface area contributed by atoms with E-state index in [9.17, 15) is 0 Å². The molecule has 0 amide bonds. The molecule has 0 radical (unpaired) electrons. The van der Waals surface area contributed by atoms with Gasteiger partial charge in [0.1, 0.15) is 0 Å². The average Bonchev–Trinajstić information content (AvgIpc) is 1.51. The van der Waals surface area contributed by atoms with Crippen LogP contribution >= 0.6 is 0 Å². The van der Waals surface area contributed by atoms with Crippen LogP contribution in [0.25, 0.3) is 167 Å². The van der Waals surface area contributed by atoms with E-state index in [1.807, 2.05) is 0 Å². The number of aromatic nitrogens is 8. The zero-order chi connectivity index (χ0) is 74.1. The quantitative estimate of drug-likeness (QED) is 0.152. The molecule has 1 atom stereocenters. The van der Waals surface area contributed by atoms with Gasteiger partial charge in [0.15, 0.2) is 22.9 Å². The fourth-order valence-electron chi connectivity index (χ4n) is 20.8. The molecule has 526 valence electrons. The van der Waals surface area contributed by atoms with Crippen LogP contribution < -0.4 is 0 Å². The van der Waals surface area contributed by atoms with E-state index in [0.717, 1.165) is 84.8 Å². The van der Waals surface area contributed by atoms with Crippen molar-refractivity contribution in [3.05, 3.63) is 419 Å². The first kappa shape index (κ1) is 62.3. The molecule has 15 aromatic carbocycles. The first-order chi connectivity index (χ1) is 55.8. The second kappa shape index (κ2) is 23.0. The van der Waals surface area contributed by atoms with Gasteiger partial charge in [0.25, 0.3) is 0 Å². The topological polar surface area (TPSA) is 70.2 Å². The van der Waals surface area contributed by atoms with Gasteiger partial charge in [-0.1, -0.05) is 224 Å². The molecule has 6 heterocycles. The summed E-state index contributed by atoms with van der Waals surface area (Å²) in [5.41, 5.74) is 39.9. The molecule has 2 spiro atoms. The molecular formula is C105H66N8. The molecule has 0 N–H and O–H groups in total. The minimum Gasteiger partial charge on any atom is -0.309 e. The van der Waals surface area contributed by atoms with Crippen molar-refractivity contribution < 1.29 is 0 Å². The number of hydrogen-bond donors (Lipinski definition) is 0. The van der Waals surface area contributed by atoms with E-state index in [1.165, 1.54) is 155 Å². The lowest BCUT2D eigenvalue weighted by Gasteiger charge is -2.30. The van der Waals surface area contributed by atoms with Crippen LogP contribution in [0.1, 0.15) is 66.8 Å². The Morgan fingerprint density at radius 2 is 0.637 bits per heavy atom. The molecule has 0 saturated heterocycles. The highest BCUT2D eigenvalue weighted by atomic mass is 15.3. The molecule has 6 aromatic heterocycles. The Labute approximate surface area is 650 Å². The smallest absolute Gasteiger partial charge is 0.168 e. The monoisotopic (exact) mass is 1440 g/mol. The molecule has 0 fully saturated rings. The highest BCUT2D eigenvalue weighted by Gasteiger charge is 2.53. The Balaban J connectivity index is 0.599. The number of pyridine rings is 2. The van der Waals surface area contributed by atoms with Crippen LogP contribution in [0.15, 0.2) is 352 Å². The lowest BCUT2D eigenvalue weighted by atomic mass is 9.70. The van der Waals surface area contributed by atoms with Crippen molar-refractivity contribution in [1.82, 2.24) is 38.3 Å². The van der Waals surface area contributed by atoms with Crippen molar-refractivity contribution in [2.24, 2.45) is 0 Å². The van der Waals surface area contributed by atoms with Crippen LogP contribution in [0.3, 0.4) is 0 Å². The normalized spacial score (nSPS) is 14.4. The fraction of sp³-hybridized carbons (Fsp3) is 0.0476. The van der Waals surface area contributed by atoms with E-state index in [0.29, 0.717) is 0 Å². The van der Waals surface area contributed by atoms with Gasteiger partial charge in [0, 0.05) is 61.8 Å². The minimum atomic E-state index is -0.562. The van der Waals surface area contributed by atoms with Crippen molar-refractivity contribution in [3.8, 4) is 101 Å². The molecule has 0 bridgehead atoms. The van der Waals surface area contributed by atoms with Crippen molar-refractivity contribution in [1.29, 1.82) is 0 Å². The average molecular weight is 1440 g/mol. The van der Waals surface area contributed by atoms with E-state index in [1.54, 1.807) is 0 Å². The maximum Gasteiger partial charge on any atom is 0.168 e. The molecule has 21 aromatic rings. The second-order valence-electron chi connectivity index (χ2n) is 31.4. The molecule has 113 heavy (non-hydrogen) atoms. The van der Waals surface area contributed by atoms with Gasteiger partial charge in [-0.25, -0.2) is 0 Å². The summed E-state index contributed by atoms with van der Waals surface area (Å²) in [4.78, 5) is 0. The Kier molecular flexibility index (Phi) is 12.7. The van der Waals surface area contributed by atoms with Gasteiger partial charge in [-0.3, -0.25) is 8.80 Å². The van der Waals surface area contributed by atoms with Gasteiger partial charge in [-0.05, 0) is 274 Å². The Bertz CT molecular complexity index is 7630. The Morgan fingerprint density at radius 1 is 0.257 bits per heavy atom. The van der Waals surface area contributed by atoms with Crippen molar-refractivity contribution in [2.45, 2.75) is 31.1 Å². The third-order valence-corrected chi connectivity index (χ3v) is 25.9. The van der Waals surface area contributed by atoms with Crippen LogP contribution in [-0.2, 0) is 17.3 Å². The summed E-state index contributed by atoms with van der Waals surface area (Å²) in [6.45, 7) is 4.25. The number of benzene rings is 15. The third kappa shape index (κ3) is 8.42. The number of fused-ring (bicyclic) bond motifs is 30. The predicted octanol–water partition coefficient (Wildman–Crippen LogP) is 24.7. The molecule has 8 heteroatoms. The third-order valence-electron chi connectivity index (χ3n) is 25.9. The fourth-order valence-corrected chi connectivity index (χ4v) is 20.8. The molecule has 1 unspecified atom stereocenters. The largest absolute Gasteiger partial charge is 0.309 e. The van der Waals surface area contributed by atoms with Crippen LogP contribution in [-0.4, -0.2) is 38.3 Å². The minimum absolute atomic E-state index is 0.457. The molecule has 4 aliphatic rings. The first-order valence-corrected chi connectivity index (χ1v) is 39.1. The molecule has 0 saturated carbocycles. The molecule has 8 nitrogen and oxygen atoms in total. The maximum absolute atomic E-state index is 4.91. The molecule has 0 aliphatic heterocycles.